The molecule has 2 heterocycles. The SMILES string of the molecule is Nc1nc(N2CC[C@@]3(CC[C@@H]3N)C2)cnc1-c1cccc(Cl)c1Cl. The highest BCUT2D eigenvalue weighted by atomic mass is 35.5. The molecule has 4 rings (SSSR count). The lowest BCUT2D eigenvalue weighted by atomic mass is 9.64. The summed E-state index contributed by atoms with van der Waals surface area (Å²) in [5, 5.41) is 0.911. The smallest absolute Gasteiger partial charge is 0.152 e. The van der Waals surface area contributed by atoms with Crippen LogP contribution >= 0.6 is 23.2 Å². The average molecular weight is 364 g/mol. The number of hydrogen-bond donors (Lipinski definition) is 2. The molecule has 1 aromatic carbocycles. The number of hydrogen-bond acceptors (Lipinski definition) is 5. The van der Waals surface area contributed by atoms with Crippen molar-refractivity contribution < 1.29 is 0 Å². The third kappa shape index (κ3) is 2.42. The Morgan fingerprint density at radius 3 is 2.71 bits per heavy atom. The maximum Gasteiger partial charge on any atom is 0.152 e. The van der Waals surface area contributed by atoms with Gasteiger partial charge in [0.1, 0.15) is 11.5 Å². The van der Waals surface area contributed by atoms with E-state index >= 15 is 0 Å². The fraction of sp³-hybridized carbons (Fsp3) is 0.412. The first kappa shape index (κ1) is 15.9. The predicted octanol–water partition coefficient (Wildman–Crippen LogP) is 3.35. The van der Waals surface area contributed by atoms with E-state index in [1.807, 2.05) is 12.1 Å². The summed E-state index contributed by atoms with van der Waals surface area (Å²) in [5.74, 6) is 1.15. The molecule has 0 amide bonds. The second-order valence-corrected chi connectivity index (χ2v) is 7.53. The van der Waals surface area contributed by atoms with E-state index < -0.39 is 0 Å². The Morgan fingerprint density at radius 1 is 1.25 bits per heavy atom. The third-order valence-corrected chi connectivity index (χ3v) is 6.26. The molecule has 7 heteroatoms. The summed E-state index contributed by atoms with van der Waals surface area (Å²) in [6, 6.07) is 5.70. The van der Waals surface area contributed by atoms with Gasteiger partial charge in [-0.1, -0.05) is 35.3 Å². The number of nitrogens with two attached hydrogens (primary N) is 2. The molecule has 0 bridgehead atoms. The molecule has 1 aliphatic carbocycles. The minimum Gasteiger partial charge on any atom is -0.382 e. The Morgan fingerprint density at radius 2 is 2.08 bits per heavy atom. The molecule has 1 spiro atoms. The highest BCUT2D eigenvalue weighted by Gasteiger charge is 2.49. The van der Waals surface area contributed by atoms with Crippen molar-refractivity contribution in [1.82, 2.24) is 9.97 Å². The van der Waals surface area contributed by atoms with Crippen LogP contribution in [0.15, 0.2) is 24.4 Å². The molecule has 1 aliphatic heterocycles. The van der Waals surface area contributed by atoms with E-state index in [0.717, 1.165) is 31.7 Å². The molecule has 2 aliphatic rings. The largest absolute Gasteiger partial charge is 0.382 e. The fourth-order valence-electron chi connectivity index (χ4n) is 3.76. The number of nitrogens with zero attached hydrogens (tertiary/aromatic N) is 3. The van der Waals surface area contributed by atoms with Gasteiger partial charge in [-0.25, -0.2) is 9.97 Å². The molecular formula is C17H19Cl2N5. The van der Waals surface area contributed by atoms with Gasteiger partial charge in [-0.3, -0.25) is 0 Å². The van der Waals surface area contributed by atoms with Crippen LogP contribution in [0.2, 0.25) is 10.0 Å². The third-order valence-electron chi connectivity index (χ3n) is 5.44. The lowest BCUT2D eigenvalue weighted by Crippen LogP contribution is -2.52. The predicted molar refractivity (Wildman–Crippen MR) is 98.4 cm³/mol. The van der Waals surface area contributed by atoms with Crippen molar-refractivity contribution >= 4 is 34.8 Å². The van der Waals surface area contributed by atoms with Crippen LogP contribution < -0.4 is 16.4 Å². The Bertz CT molecular complexity index is 797. The van der Waals surface area contributed by atoms with E-state index in [1.54, 1.807) is 12.3 Å². The minimum atomic E-state index is 0.255. The molecule has 0 radical (unpaired) electrons. The summed E-state index contributed by atoms with van der Waals surface area (Å²) >= 11 is 12.3. The van der Waals surface area contributed by atoms with Crippen molar-refractivity contribution in [2.45, 2.75) is 25.3 Å². The Hall–Kier alpha value is -1.56. The van der Waals surface area contributed by atoms with Crippen LogP contribution in [0.3, 0.4) is 0 Å². The van der Waals surface area contributed by atoms with E-state index in [9.17, 15) is 0 Å². The van der Waals surface area contributed by atoms with Crippen LogP contribution in [0.1, 0.15) is 19.3 Å². The van der Waals surface area contributed by atoms with Crippen molar-refractivity contribution in [3.05, 3.63) is 34.4 Å². The topological polar surface area (TPSA) is 81.1 Å². The molecular weight excluding hydrogens is 345 g/mol. The van der Waals surface area contributed by atoms with Crippen molar-refractivity contribution in [3.8, 4) is 11.3 Å². The van der Waals surface area contributed by atoms with Crippen molar-refractivity contribution in [2.75, 3.05) is 23.7 Å². The van der Waals surface area contributed by atoms with Gasteiger partial charge in [0.2, 0.25) is 0 Å². The van der Waals surface area contributed by atoms with Crippen LogP contribution in [0.25, 0.3) is 11.3 Å². The molecule has 2 aromatic rings. The van der Waals surface area contributed by atoms with Crippen molar-refractivity contribution in [1.29, 1.82) is 0 Å². The molecule has 2 fully saturated rings. The first-order valence-electron chi connectivity index (χ1n) is 8.08. The number of anilines is 2. The molecule has 24 heavy (non-hydrogen) atoms. The lowest BCUT2D eigenvalue weighted by Gasteiger charge is -2.44. The lowest BCUT2D eigenvalue weighted by molar-refractivity contribution is 0.122. The zero-order chi connectivity index (χ0) is 16.9. The van der Waals surface area contributed by atoms with Crippen LogP contribution in [0.4, 0.5) is 11.6 Å². The Balaban J connectivity index is 1.62. The average Bonchev–Trinajstić information content (AvgIpc) is 3.04. The standard InChI is InChI=1S/C17H19Cl2N5/c18-11-3-1-2-10(14(11)19)15-16(21)23-13(8-22-15)24-7-6-17(9-24)5-4-12(17)20/h1-3,8,12H,4-7,9,20H2,(H2,21,23)/t12-,17-/m0/s1. The molecule has 0 unspecified atom stereocenters. The molecule has 1 saturated heterocycles. The fourth-order valence-corrected chi connectivity index (χ4v) is 4.15. The van der Waals surface area contributed by atoms with Crippen molar-refractivity contribution in [2.24, 2.45) is 11.1 Å². The van der Waals surface area contributed by atoms with E-state index in [0.29, 0.717) is 33.2 Å². The quantitative estimate of drug-likeness (QED) is 0.854. The van der Waals surface area contributed by atoms with Gasteiger partial charge in [0.05, 0.1) is 16.2 Å². The minimum absolute atomic E-state index is 0.255. The van der Waals surface area contributed by atoms with E-state index in [4.69, 9.17) is 34.7 Å². The highest BCUT2D eigenvalue weighted by Crippen LogP contribution is 2.48. The molecule has 5 nitrogen and oxygen atoms in total. The first-order chi connectivity index (χ1) is 11.5. The number of rotatable bonds is 2. The van der Waals surface area contributed by atoms with Gasteiger partial charge in [0.15, 0.2) is 5.82 Å². The maximum atomic E-state index is 6.27. The van der Waals surface area contributed by atoms with E-state index in [2.05, 4.69) is 14.9 Å². The second kappa shape index (κ2) is 5.76. The zero-order valence-corrected chi connectivity index (χ0v) is 14.7. The summed E-state index contributed by atoms with van der Waals surface area (Å²) in [4.78, 5) is 11.3. The van der Waals surface area contributed by atoms with Crippen molar-refractivity contribution in [3.63, 3.8) is 0 Å². The molecule has 126 valence electrons. The summed E-state index contributed by atoms with van der Waals surface area (Å²) in [5.41, 5.74) is 13.9. The number of halogens is 2. The molecule has 1 saturated carbocycles. The number of benzene rings is 1. The Labute approximate surface area is 151 Å². The summed E-state index contributed by atoms with van der Waals surface area (Å²) < 4.78 is 0. The normalized spacial score (nSPS) is 26.0. The zero-order valence-electron chi connectivity index (χ0n) is 13.2. The van der Waals surface area contributed by atoms with Crippen LogP contribution in [0.5, 0.6) is 0 Å². The summed E-state index contributed by atoms with van der Waals surface area (Å²) in [7, 11) is 0. The van der Waals surface area contributed by atoms with E-state index in [-0.39, 0.29) is 5.41 Å². The van der Waals surface area contributed by atoms with Gasteiger partial charge in [-0.05, 0) is 25.3 Å². The molecule has 4 N–H and O–H groups in total. The second-order valence-electron chi connectivity index (χ2n) is 6.74. The first-order valence-corrected chi connectivity index (χ1v) is 8.83. The van der Waals surface area contributed by atoms with Gasteiger partial charge in [0.25, 0.3) is 0 Å². The monoisotopic (exact) mass is 363 g/mol. The number of nitrogen functional groups attached to an aromatic ring is 1. The van der Waals surface area contributed by atoms with Gasteiger partial charge in [-0.2, -0.15) is 0 Å². The van der Waals surface area contributed by atoms with Crippen LogP contribution in [0, 0.1) is 5.41 Å². The molecule has 1 aromatic heterocycles. The maximum absolute atomic E-state index is 6.27. The van der Waals surface area contributed by atoms with Gasteiger partial charge < -0.3 is 16.4 Å². The van der Waals surface area contributed by atoms with Crippen LogP contribution in [-0.4, -0.2) is 29.1 Å². The molecule has 2 atom stereocenters. The van der Waals surface area contributed by atoms with Crippen LogP contribution in [-0.2, 0) is 0 Å². The van der Waals surface area contributed by atoms with Gasteiger partial charge >= 0.3 is 0 Å². The number of aromatic nitrogens is 2. The van der Waals surface area contributed by atoms with E-state index in [1.165, 1.54) is 6.42 Å². The Kier molecular flexibility index (Phi) is 3.82. The summed E-state index contributed by atoms with van der Waals surface area (Å²) in [6.45, 7) is 1.87. The summed E-state index contributed by atoms with van der Waals surface area (Å²) in [6.07, 6.45) is 5.18. The van der Waals surface area contributed by atoms with Gasteiger partial charge in [0, 0.05) is 30.1 Å². The highest BCUT2D eigenvalue weighted by molar-refractivity contribution is 6.43. The van der Waals surface area contributed by atoms with Gasteiger partial charge in [-0.15, -0.1) is 0 Å².